The third-order valence-electron chi connectivity index (χ3n) is 6.14. The van der Waals surface area contributed by atoms with Gasteiger partial charge in [-0.25, -0.2) is 0 Å². The highest BCUT2D eigenvalue weighted by atomic mass is 32.2. The Kier molecular flexibility index (Phi) is 7.66. The van der Waals surface area contributed by atoms with E-state index in [1.165, 1.54) is 48.1 Å². The third-order valence-corrected chi connectivity index (χ3v) is 7.22. The zero-order valence-corrected chi connectivity index (χ0v) is 19.6. The molecule has 0 radical (unpaired) electrons. The largest absolute Gasteiger partial charge is 0.416 e. The molecule has 2 aromatic rings. The van der Waals surface area contributed by atoms with Crippen molar-refractivity contribution >= 4 is 35.3 Å². The molecule has 180 valence electrons. The van der Waals surface area contributed by atoms with Crippen molar-refractivity contribution in [1.29, 1.82) is 0 Å². The quantitative estimate of drug-likeness (QED) is 0.506. The maximum absolute atomic E-state index is 13.3. The zero-order chi connectivity index (χ0) is 24.1. The highest BCUT2D eigenvalue weighted by Gasteiger charge is 2.32. The standard InChI is InChI=1S/C26H27F3N2O2S/c27-26(28,29)19-14-12-18(13-15-19)16-23-25(33)31(21-10-6-7-11-22(21)34-23)17-24(32)30-20-8-4-2-1-3-5-9-20/h6-7,10-16,20H,1-5,8-9,17H2,(H,30,32). The number of nitrogens with one attached hydrogen (secondary N) is 1. The molecule has 8 heteroatoms. The van der Waals surface area contributed by atoms with Gasteiger partial charge in [0.05, 0.1) is 16.2 Å². The van der Waals surface area contributed by atoms with E-state index in [9.17, 15) is 22.8 Å². The summed E-state index contributed by atoms with van der Waals surface area (Å²) in [5.41, 5.74) is 0.409. The number of carbonyl (C=O) groups excluding carboxylic acids is 2. The average Bonchev–Trinajstić information content (AvgIpc) is 2.78. The van der Waals surface area contributed by atoms with Gasteiger partial charge in [-0.2, -0.15) is 13.2 Å². The van der Waals surface area contributed by atoms with E-state index < -0.39 is 11.7 Å². The Bertz CT molecular complexity index is 1060. The van der Waals surface area contributed by atoms with Crippen LogP contribution in [0.1, 0.15) is 56.1 Å². The summed E-state index contributed by atoms with van der Waals surface area (Å²) in [6, 6.07) is 12.1. The normalized spacial score (nSPS) is 18.9. The van der Waals surface area contributed by atoms with Gasteiger partial charge in [0.2, 0.25) is 5.91 Å². The number of benzene rings is 2. The highest BCUT2D eigenvalue weighted by Crippen LogP contribution is 2.42. The van der Waals surface area contributed by atoms with Gasteiger partial charge in [-0.15, -0.1) is 0 Å². The molecule has 0 unspecified atom stereocenters. The van der Waals surface area contributed by atoms with E-state index in [2.05, 4.69) is 5.32 Å². The highest BCUT2D eigenvalue weighted by molar-refractivity contribution is 8.04. The number of hydrogen-bond acceptors (Lipinski definition) is 3. The second-order valence-corrected chi connectivity index (χ2v) is 9.78. The van der Waals surface area contributed by atoms with Crippen molar-refractivity contribution in [3.63, 3.8) is 0 Å². The van der Waals surface area contributed by atoms with Crippen LogP contribution in [-0.2, 0) is 15.8 Å². The van der Waals surface area contributed by atoms with Gasteiger partial charge < -0.3 is 5.32 Å². The van der Waals surface area contributed by atoms with Crippen LogP contribution in [0.15, 0.2) is 58.3 Å². The van der Waals surface area contributed by atoms with Crippen LogP contribution in [-0.4, -0.2) is 24.4 Å². The first-order valence-corrected chi connectivity index (χ1v) is 12.4. The smallest absolute Gasteiger partial charge is 0.352 e. The molecule has 1 aliphatic heterocycles. The summed E-state index contributed by atoms with van der Waals surface area (Å²) < 4.78 is 38.6. The molecule has 0 bridgehead atoms. The van der Waals surface area contributed by atoms with Crippen LogP contribution in [0.3, 0.4) is 0 Å². The maximum Gasteiger partial charge on any atom is 0.416 e. The minimum absolute atomic E-state index is 0.0999. The predicted octanol–water partition coefficient (Wildman–Crippen LogP) is 6.41. The van der Waals surface area contributed by atoms with Crippen LogP contribution in [0.25, 0.3) is 6.08 Å². The number of amides is 2. The van der Waals surface area contributed by atoms with Crippen molar-refractivity contribution in [3.8, 4) is 0 Å². The maximum atomic E-state index is 13.3. The minimum atomic E-state index is -4.42. The van der Waals surface area contributed by atoms with E-state index in [-0.39, 0.29) is 24.4 Å². The zero-order valence-electron chi connectivity index (χ0n) is 18.7. The molecule has 4 rings (SSSR count). The van der Waals surface area contributed by atoms with Crippen LogP contribution >= 0.6 is 11.8 Å². The number of alkyl halides is 3. The lowest BCUT2D eigenvalue weighted by molar-refractivity contribution is -0.137. The molecule has 1 aliphatic carbocycles. The molecule has 2 aromatic carbocycles. The monoisotopic (exact) mass is 488 g/mol. The molecule has 0 saturated heterocycles. The molecule has 1 fully saturated rings. The summed E-state index contributed by atoms with van der Waals surface area (Å²) in [6.45, 7) is -0.0999. The van der Waals surface area contributed by atoms with Crippen molar-refractivity contribution in [2.75, 3.05) is 11.4 Å². The Morgan fingerprint density at radius 3 is 2.32 bits per heavy atom. The number of halogens is 3. The second kappa shape index (κ2) is 10.7. The summed E-state index contributed by atoms with van der Waals surface area (Å²) in [5.74, 6) is -0.536. The molecule has 1 N–H and O–H groups in total. The van der Waals surface area contributed by atoms with E-state index in [0.29, 0.717) is 16.2 Å². The minimum Gasteiger partial charge on any atom is -0.352 e. The number of nitrogens with zero attached hydrogens (tertiary/aromatic N) is 1. The van der Waals surface area contributed by atoms with Crippen LogP contribution in [0.5, 0.6) is 0 Å². The first-order chi connectivity index (χ1) is 16.3. The Labute approximate surface area is 201 Å². The predicted molar refractivity (Wildman–Crippen MR) is 128 cm³/mol. The van der Waals surface area contributed by atoms with Gasteiger partial charge >= 0.3 is 6.18 Å². The second-order valence-electron chi connectivity index (χ2n) is 8.70. The van der Waals surface area contributed by atoms with Gasteiger partial charge in [0, 0.05) is 10.9 Å². The number of fused-ring (bicyclic) bond motifs is 1. The SMILES string of the molecule is O=C(CN1C(=O)C(=Cc2ccc(C(F)(F)F)cc2)Sc2ccccc21)NC1CCCCCCC1. The number of thioether (sulfide) groups is 1. The van der Waals surface area contributed by atoms with Crippen LogP contribution in [0.4, 0.5) is 18.9 Å². The molecule has 2 aliphatic rings. The molecule has 1 saturated carbocycles. The lowest BCUT2D eigenvalue weighted by atomic mass is 9.97. The first-order valence-electron chi connectivity index (χ1n) is 11.6. The Balaban J connectivity index is 1.53. The fourth-order valence-corrected chi connectivity index (χ4v) is 5.42. The van der Waals surface area contributed by atoms with Crippen LogP contribution in [0, 0.1) is 0 Å². The Hall–Kier alpha value is -2.74. The van der Waals surface area contributed by atoms with Crippen LogP contribution in [0.2, 0.25) is 0 Å². The Morgan fingerprint density at radius 2 is 1.65 bits per heavy atom. The molecule has 0 spiro atoms. The molecular weight excluding hydrogens is 461 g/mol. The van der Waals surface area contributed by atoms with Crippen molar-refractivity contribution in [2.24, 2.45) is 0 Å². The van der Waals surface area contributed by atoms with Gasteiger partial charge in [-0.3, -0.25) is 14.5 Å². The molecule has 4 nitrogen and oxygen atoms in total. The van der Waals surface area contributed by atoms with Gasteiger partial charge in [-0.05, 0) is 48.7 Å². The third kappa shape index (κ3) is 6.03. The van der Waals surface area contributed by atoms with E-state index >= 15 is 0 Å². The van der Waals surface area contributed by atoms with E-state index in [1.54, 1.807) is 12.1 Å². The van der Waals surface area contributed by atoms with E-state index in [0.717, 1.165) is 42.7 Å². The van der Waals surface area contributed by atoms with Crippen molar-refractivity contribution in [2.45, 2.75) is 62.1 Å². The van der Waals surface area contributed by atoms with Crippen LogP contribution < -0.4 is 10.2 Å². The summed E-state index contributed by atoms with van der Waals surface area (Å²) in [4.78, 5) is 28.9. The lowest BCUT2D eigenvalue weighted by Crippen LogP contribution is -2.45. The summed E-state index contributed by atoms with van der Waals surface area (Å²) in [7, 11) is 0. The summed E-state index contributed by atoms with van der Waals surface area (Å²) >= 11 is 1.26. The summed E-state index contributed by atoms with van der Waals surface area (Å²) in [5, 5.41) is 3.10. The van der Waals surface area contributed by atoms with Gasteiger partial charge in [0.25, 0.3) is 5.91 Å². The fourth-order valence-electron chi connectivity index (χ4n) is 4.36. The van der Waals surface area contributed by atoms with Gasteiger partial charge in [-0.1, -0.05) is 68.1 Å². The molecular formula is C26H27F3N2O2S. The topological polar surface area (TPSA) is 49.4 Å². The van der Waals surface area contributed by atoms with Crippen molar-refractivity contribution in [3.05, 3.63) is 64.6 Å². The van der Waals surface area contributed by atoms with E-state index in [1.807, 2.05) is 18.2 Å². The number of rotatable bonds is 4. The molecule has 2 amide bonds. The molecule has 0 atom stereocenters. The molecule has 1 heterocycles. The number of carbonyl (C=O) groups is 2. The van der Waals surface area contributed by atoms with E-state index in [4.69, 9.17) is 0 Å². The Morgan fingerprint density at radius 1 is 1.00 bits per heavy atom. The average molecular weight is 489 g/mol. The van der Waals surface area contributed by atoms with Gasteiger partial charge in [0.1, 0.15) is 6.54 Å². The fraction of sp³-hybridized carbons (Fsp3) is 0.385. The first kappa shape index (κ1) is 24.4. The number of para-hydroxylation sites is 1. The molecule has 0 aromatic heterocycles. The van der Waals surface area contributed by atoms with Gasteiger partial charge in [0.15, 0.2) is 0 Å². The van der Waals surface area contributed by atoms with Crippen molar-refractivity contribution in [1.82, 2.24) is 5.32 Å². The molecule has 34 heavy (non-hydrogen) atoms. The number of anilines is 1. The summed E-state index contributed by atoms with van der Waals surface area (Å²) in [6.07, 6.45) is 4.84. The lowest BCUT2D eigenvalue weighted by Gasteiger charge is -2.30. The number of hydrogen-bond donors (Lipinski definition) is 1. The van der Waals surface area contributed by atoms with Crippen molar-refractivity contribution < 1.29 is 22.8 Å².